The Morgan fingerprint density at radius 3 is 2.54 bits per heavy atom. The molecule has 1 amide bonds. The molecule has 0 saturated heterocycles. The fraction of sp³-hybridized carbons (Fsp3) is 0.909. The van der Waals surface area contributed by atoms with Gasteiger partial charge in [0.1, 0.15) is 0 Å². The summed E-state index contributed by atoms with van der Waals surface area (Å²) in [6.45, 7) is 8.47. The number of nitrogens with one attached hydrogen (secondary N) is 1. The highest BCUT2D eigenvalue weighted by Gasteiger charge is 2.32. The minimum absolute atomic E-state index is 0.108. The summed E-state index contributed by atoms with van der Waals surface area (Å²) in [5.74, 6) is 0.726. The average Bonchev–Trinajstić information content (AvgIpc) is 1.93. The molecule has 0 aliphatic heterocycles. The summed E-state index contributed by atoms with van der Waals surface area (Å²) >= 11 is 0. The molecule has 2 unspecified atom stereocenters. The van der Waals surface area contributed by atoms with E-state index in [9.17, 15) is 4.79 Å². The highest BCUT2D eigenvalue weighted by molar-refractivity contribution is 5.73. The molecule has 0 heterocycles. The Bertz CT molecular complexity index is 198. The van der Waals surface area contributed by atoms with Crippen LogP contribution in [-0.4, -0.2) is 11.9 Å². The van der Waals surface area contributed by atoms with Crippen LogP contribution in [0, 0.1) is 11.3 Å². The van der Waals surface area contributed by atoms with E-state index in [2.05, 4.69) is 26.1 Å². The van der Waals surface area contributed by atoms with Gasteiger partial charge in [0, 0.05) is 13.0 Å². The van der Waals surface area contributed by atoms with Crippen LogP contribution in [0.25, 0.3) is 0 Å². The van der Waals surface area contributed by atoms with Crippen LogP contribution >= 0.6 is 0 Å². The molecule has 2 atom stereocenters. The van der Waals surface area contributed by atoms with Crippen molar-refractivity contribution in [2.24, 2.45) is 11.3 Å². The molecular weight excluding hydrogens is 162 g/mol. The van der Waals surface area contributed by atoms with Crippen molar-refractivity contribution in [1.82, 2.24) is 5.32 Å². The number of carbonyl (C=O) groups is 1. The van der Waals surface area contributed by atoms with Gasteiger partial charge in [-0.25, -0.2) is 0 Å². The van der Waals surface area contributed by atoms with E-state index in [4.69, 9.17) is 0 Å². The molecule has 0 aromatic rings. The largest absolute Gasteiger partial charge is 0.353 e. The van der Waals surface area contributed by atoms with Crippen molar-refractivity contribution >= 4 is 5.91 Å². The number of rotatable bonds is 1. The van der Waals surface area contributed by atoms with E-state index >= 15 is 0 Å². The van der Waals surface area contributed by atoms with Crippen LogP contribution in [0.4, 0.5) is 0 Å². The van der Waals surface area contributed by atoms with E-state index in [1.807, 2.05) is 0 Å². The first kappa shape index (κ1) is 10.6. The summed E-state index contributed by atoms with van der Waals surface area (Å²) in [4.78, 5) is 10.9. The lowest BCUT2D eigenvalue weighted by molar-refractivity contribution is -0.120. The van der Waals surface area contributed by atoms with Gasteiger partial charge in [0.25, 0.3) is 0 Å². The lowest BCUT2D eigenvalue weighted by Crippen LogP contribution is -2.43. The summed E-state index contributed by atoms with van der Waals surface area (Å²) < 4.78 is 0. The molecule has 1 aliphatic rings. The molecule has 2 nitrogen and oxygen atoms in total. The first-order chi connectivity index (χ1) is 5.91. The smallest absolute Gasteiger partial charge is 0.217 e. The monoisotopic (exact) mass is 183 g/mol. The van der Waals surface area contributed by atoms with Crippen LogP contribution in [-0.2, 0) is 4.79 Å². The molecule has 1 saturated carbocycles. The van der Waals surface area contributed by atoms with Crippen molar-refractivity contribution in [3.05, 3.63) is 0 Å². The van der Waals surface area contributed by atoms with E-state index in [1.54, 1.807) is 6.92 Å². The predicted octanol–water partition coefficient (Wildman–Crippen LogP) is 2.34. The SMILES string of the molecule is CC(=O)NC1CCC(C)(C)CC1C. The Kier molecular flexibility index (Phi) is 2.99. The topological polar surface area (TPSA) is 29.1 Å². The van der Waals surface area contributed by atoms with Crippen molar-refractivity contribution < 1.29 is 4.79 Å². The molecule has 13 heavy (non-hydrogen) atoms. The number of carbonyl (C=O) groups excluding carboxylic acids is 1. The maximum atomic E-state index is 10.9. The average molecular weight is 183 g/mol. The van der Waals surface area contributed by atoms with Gasteiger partial charge < -0.3 is 5.32 Å². The molecule has 2 heteroatoms. The number of amides is 1. The zero-order valence-electron chi connectivity index (χ0n) is 9.18. The van der Waals surface area contributed by atoms with Crippen LogP contribution < -0.4 is 5.32 Å². The van der Waals surface area contributed by atoms with Gasteiger partial charge in [-0.15, -0.1) is 0 Å². The fourth-order valence-corrected chi connectivity index (χ4v) is 2.42. The van der Waals surface area contributed by atoms with Crippen molar-refractivity contribution in [2.75, 3.05) is 0 Å². The summed E-state index contributed by atoms with van der Waals surface area (Å²) in [5, 5.41) is 3.03. The van der Waals surface area contributed by atoms with Crippen LogP contribution in [0.15, 0.2) is 0 Å². The first-order valence-electron chi connectivity index (χ1n) is 5.18. The Labute approximate surface area is 81.1 Å². The summed E-state index contributed by atoms with van der Waals surface area (Å²) in [5.41, 5.74) is 0.467. The van der Waals surface area contributed by atoms with E-state index in [0.29, 0.717) is 17.4 Å². The minimum atomic E-state index is 0.108. The summed E-state index contributed by atoms with van der Waals surface area (Å²) in [6, 6.07) is 0.408. The van der Waals surface area contributed by atoms with Gasteiger partial charge in [-0.1, -0.05) is 20.8 Å². The van der Waals surface area contributed by atoms with Crippen LogP contribution in [0.1, 0.15) is 47.0 Å². The zero-order chi connectivity index (χ0) is 10.1. The quantitative estimate of drug-likeness (QED) is 0.664. The Morgan fingerprint density at radius 2 is 2.08 bits per heavy atom. The third-order valence-electron chi connectivity index (χ3n) is 3.08. The van der Waals surface area contributed by atoms with Gasteiger partial charge in [-0.3, -0.25) is 4.79 Å². The van der Waals surface area contributed by atoms with Crippen molar-refractivity contribution in [3.63, 3.8) is 0 Å². The maximum absolute atomic E-state index is 10.9. The molecule has 0 aromatic heterocycles. The van der Waals surface area contributed by atoms with Crippen molar-refractivity contribution in [1.29, 1.82) is 0 Å². The van der Waals surface area contributed by atoms with E-state index in [-0.39, 0.29) is 5.91 Å². The lowest BCUT2D eigenvalue weighted by atomic mass is 9.70. The number of hydrogen-bond donors (Lipinski definition) is 1. The van der Waals surface area contributed by atoms with Gasteiger partial charge in [0.15, 0.2) is 0 Å². The predicted molar refractivity (Wildman–Crippen MR) is 54.4 cm³/mol. The Balaban J connectivity index is 2.49. The van der Waals surface area contributed by atoms with Gasteiger partial charge >= 0.3 is 0 Å². The van der Waals surface area contributed by atoms with Gasteiger partial charge in [0.2, 0.25) is 5.91 Å². The second-order valence-corrected chi connectivity index (χ2v) is 5.19. The molecule has 1 N–H and O–H groups in total. The normalized spacial score (nSPS) is 32.6. The van der Waals surface area contributed by atoms with E-state index in [1.165, 1.54) is 12.8 Å². The van der Waals surface area contributed by atoms with Gasteiger partial charge in [-0.05, 0) is 30.6 Å². The molecule has 76 valence electrons. The second kappa shape index (κ2) is 3.69. The molecular formula is C11H21NO. The molecule has 0 radical (unpaired) electrons. The van der Waals surface area contributed by atoms with Crippen molar-refractivity contribution in [3.8, 4) is 0 Å². The van der Waals surface area contributed by atoms with Gasteiger partial charge in [0.05, 0.1) is 0 Å². The second-order valence-electron chi connectivity index (χ2n) is 5.19. The highest BCUT2D eigenvalue weighted by Crippen LogP contribution is 2.38. The third kappa shape index (κ3) is 3.02. The maximum Gasteiger partial charge on any atom is 0.217 e. The fourth-order valence-electron chi connectivity index (χ4n) is 2.42. The molecule has 0 spiro atoms. The van der Waals surface area contributed by atoms with Crippen LogP contribution in [0.2, 0.25) is 0 Å². The Morgan fingerprint density at radius 1 is 1.46 bits per heavy atom. The Hall–Kier alpha value is -0.530. The molecule has 1 fully saturated rings. The number of hydrogen-bond acceptors (Lipinski definition) is 1. The lowest BCUT2D eigenvalue weighted by Gasteiger charge is -2.39. The van der Waals surface area contributed by atoms with Crippen LogP contribution in [0.5, 0.6) is 0 Å². The first-order valence-corrected chi connectivity index (χ1v) is 5.18. The van der Waals surface area contributed by atoms with E-state index < -0.39 is 0 Å². The third-order valence-corrected chi connectivity index (χ3v) is 3.08. The minimum Gasteiger partial charge on any atom is -0.353 e. The molecule has 1 rings (SSSR count). The highest BCUT2D eigenvalue weighted by atomic mass is 16.1. The van der Waals surface area contributed by atoms with Crippen molar-refractivity contribution in [2.45, 2.75) is 53.0 Å². The van der Waals surface area contributed by atoms with Crippen LogP contribution in [0.3, 0.4) is 0 Å². The molecule has 1 aliphatic carbocycles. The molecule has 0 bridgehead atoms. The standard InChI is InChI=1S/C11H21NO/c1-8-7-11(3,4)6-5-10(8)12-9(2)13/h8,10H,5-7H2,1-4H3,(H,12,13). The summed E-state index contributed by atoms with van der Waals surface area (Å²) in [6.07, 6.45) is 3.58. The molecule has 0 aromatic carbocycles. The zero-order valence-corrected chi connectivity index (χ0v) is 9.18. The summed E-state index contributed by atoms with van der Waals surface area (Å²) in [7, 11) is 0. The van der Waals surface area contributed by atoms with E-state index in [0.717, 1.165) is 6.42 Å². The van der Waals surface area contributed by atoms with Gasteiger partial charge in [-0.2, -0.15) is 0 Å².